The van der Waals surface area contributed by atoms with Gasteiger partial charge in [-0.15, -0.1) is 16.4 Å². The second-order valence-electron chi connectivity index (χ2n) is 6.48. The van der Waals surface area contributed by atoms with Gasteiger partial charge in [-0.3, -0.25) is 4.79 Å². The lowest BCUT2D eigenvalue weighted by atomic mass is 10.1. The van der Waals surface area contributed by atoms with Crippen molar-refractivity contribution in [2.75, 3.05) is 0 Å². The van der Waals surface area contributed by atoms with Crippen molar-refractivity contribution in [1.82, 2.24) is 19.9 Å². The Morgan fingerprint density at radius 3 is 2.57 bits per heavy atom. The Morgan fingerprint density at radius 1 is 1.20 bits per heavy atom. The van der Waals surface area contributed by atoms with Crippen molar-refractivity contribution in [2.45, 2.75) is 38.1 Å². The highest BCUT2D eigenvalue weighted by Gasteiger charge is 2.17. The minimum Gasteiger partial charge on any atom is -0.292 e. The second kappa shape index (κ2) is 9.25. The molecule has 1 N–H and O–H groups in total. The molecule has 0 saturated heterocycles. The zero-order chi connectivity index (χ0) is 21.9. The fraction of sp³-hybridized carbons (Fsp3) is 0.263. The number of carbonyl (C=O) groups is 1. The molecule has 0 aliphatic carbocycles. The monoisotopic (exact) mass is 468 g/mol. The Bertz CT molecular complexity index is 1180. The molecular weight excluding hydrogens is 451 g/mol. The first-order chi connectivity index (χ1) is 14.2. The normalized spacial score (nSPS) is 11.6. The van der Waals surface area contributed by atoms with E-state index in [1.807, 2.05) is 13.8 Å². The van der Waals surface area contributed by atoms with Gasteiger partial charge in [0, 0.05) is 11.3 Å². The van der Waals surface area contributed by atoms with E-state index in [9.17, 15) is 17.6 Å². The minimum atomic E-state index is -3.91. The summed E-state index contributed by atoms with van der Waals surface area (Å²) >= 11 is 7.20. The zero-order valence-corrected chi connectivity index (χ0v) is 18.5. The van der Waals surface area contributed by atoms with Gasteiger partial charge in [0.15, 0.2) is 5.78 Å². The summed E-state index contributed by atoms with van der Waals surface area (Å²) in [5.74, 6) is -0.858. The van der Waals surface area contributed by atoms with E-state index in [0.717, 1.165) is 33.8 Å². The van der Waals surface area contributed by atoms with Gasteiger partial charge in [0.25, 0.3) is 0 Å². The molecular formula is C19H18ClFN4O3S2. The van der Waals surface area contributed by atoms with Crippen LogP contribution in [0.2, 0.25) is 5.02 Å². The first kappa shape index (κ1) is 22.4. The van der Waals surface area contributed by atoms with Gasteiger partial charge in [-0.25, -0.2) is 22.5 Å². The molecule has 3 rings (SSSR count). The van der Waals surface area contributed by atoms with E-state index < -0.39 is 15.8 Å². The molecule has 0 amide bonds. The summed E-state index contributed by atoms with van der Waals surface area (Å²) in [6.45, 7) is 3.70. The van der Waals surface area contributed by atoms with E-state index in [0.29, 0.717) is 12.1 Å². The van der Waals surface area contributed by atoms with Gasteiger partial charge in [-0.05, 0) is 50.6 Å². The fourth-order valence-corrected chi connectivity index (χ4v) is 4.87. The van der Waals surface area contributed by atoms with Crippen LogP contribution in [0.15, 0.2) is 35.2 Å². The lowest BCUT2D eigenvalue weighted by molar-refractivity contribution is 0.0977. The van der Waals surface area contributed by atoms with Crippen LogP contribution in [0.5, 0.6) is 0 Å². The number of sulfonamides is 1. The first-order valence-electron chi connectivity index (χ1n) is 8.89. The number of Topliss-reactive ketones (excluding diaryl/α,β-unsaturated/α-hetero) is 1. The maximum atomic E-state index is 13.2. The van der Waals surface area contributed by atoms with Crippen molar-refractivity contribution >= 4 is 38.7 Å². The number of hydrogen-bond donors (Lipinski definition) is 1. The molecule has 0 saturated carbocycles. The highest BCUT2D eigenvalue weighted by molar-refractivity contribution is 7.89. The number of aromatic nitrogens is 3. The summed E-state index contributed by atoms with van der Waals surface area (Å²) in [4.78, 5) is 17.6. The van der Waals surface area contributed by atoms with Gasteiger partial charge in [0.1, 0.15) is 11.5 Å². The first-order valence-corrected chi connectivity index (χ1v) is 11.6. The topological polar surface area (TPSA) is 102 Å². The molecule has 2 aromatic heterocycles. The van der Waals surface area contributed by atoms with E-state index in [1.165, 1.54) is 12.1 Å². The Hall–Kier alpha value is -2.27. The largest absolute Gasteiger partial charge is 0.292 e. The van der Waals surface area contributed by atoms with Crippen molar-refractivity contribution in [3.8, 4) is 0 Å². The predicted molar refractivity (Wildman–Crippen MR) is 112 cm³/mol. The number of nitrogens with zero attached hydrogens (tertiary/aromatic N) is 3. The number of hydrogen-bond acceptors (Lipinski definition) is 7. The van der Waals surface area contributed by atoms with E-state index in [4.69, 9.17) is 11.6 Å². The number of thiazole rings is 1. The van der Waals surface area contributed by atoms with Crippen molar-refractivity contribution in [2.24, 2.45) is 0 Å². The number of ketones is 1. The molecule has 0 radical (unpaired) electrons. The van der Waals surface area contributed by atoms with Crippen LogP contribution in [0, 0.1) is 19.7 Å². The number of aryl methyl sites for hydroxylation is 3. The maximum Gasteiger partial charge on any atom is 0.240 e. The molecule has 0 aliphatic rings. The van der Waals surface area contributed by atoms with Crippen molar-refractivity contribution in [3.05, 3.63) is 68.1 Å². The molecule has 0 bridgehead atoms. The van der Waals surface area contributed by atoms with Crippen LogP contribution in [-0.2, 0) is 23.0 Å². The summed E-state index contributed by atoms with van der Waals surface area (Å²) in [6.07, 6.45) is 0.869. The van der Waals surface area contributed by atoms with Crippen LogP contribution < -0.4 is 4.72 Å². The minimum absolute atomic E-state index is 0.141. The summed E-state index contributed by atoms with van der Waals surface area (Å²) in [5.41, 5.74) is 1.48. The number of benzene rings is 1. The third-order valence-corrected chi connectivity index (χ3v) is 7.05. The molecule has 0 spiro atoms. The summed E-state index contributed by atoms with van der Waals surface area (Å²) in [5, 5.41) is 8.49. The third kappa shape index (κ3) is 5.45. The van der Waals surface area contributed by atoms with Gasteiger partial charge >= 0.3 is 0 Å². The lowest BCUT2D eigenvalue weighted by Crippen LogP contribution is -2.24. The van der Waals surface area contributed by atoms with Gasteiger partial charge in [0.2, 0.25) is 10.0 Å². The standard InChI is InChI=1S/C19H18ClFN4O3S2/c1-11-19(29-12(2)23-11)8-7-18(26)17-6-3-13(24-25-17)10-22-30(27,28)14-4-5-16(21)15(20)9-14/h3-6,9,22H,7-8,10H2,1-2H3. The average Bonchev–Trinajstić information content (AvgIpc) is 3.04. The summed E-state index contributed by atoms with van der Waals surface area (Å²) in [6, 6.07) is 6.16. The SMILES string of the molecule is Cc1nc(C)c(CCC(=O)c2ccc(CNS(=O)(=O)c3ccc(F)c(Cl)c3)nn2)s1. The Morgan fingerprint density at radius 2 is 1.97 bits per heavy atom. The molecule has 0 aliphatic heterocycles. The van der Waals surface area contributed by atoms with Crippen LogP contribution in [-0.4, -0.2) is 29.4 Å². The van der Waals surface area contributed by atoms with Gasteiger partial charge < -0.3 is 0 Å². The highest BCUT2D eigenvalue weighted by atomic mass is 35.5. The quantitative estimate of drug-likeness (QED) is 0.506. The fourth-order valence-electron chi connectivity index (χ4n) is 2.66. The molecule has 0 fully saturated rings. The number of carbonyl (C=O) groups excluding carboxylic acids is 1. The number of rotatable bonds is 8. The third-order valence-electron chi connectivity index (χ3n) is 4.23. The van der Waals surface area contributed by atoms with E-state index in [1.54, 1.807) is 11.3 Å². The van der Waals surface area contributed by atoms with Crippen LogP contribution >= 0.6 is 22.9 Å². The van der Waals surface area contributed by atoms with Gasteiger partial charge in [-0.2, -0.15) is 5.10 Å². The van der Waals surface area contributed by atoms with Gasteiger partial charge in [0.05, 0.1) is 32.9 Å². The van der Waals surface area contributed by atoms with E-state index >= 15 is 0 Å². The molecule has 0 atom stereocenters. The molecule has 0 unspecified atom stereocenters. The molecule has 30 heavy (non-hydrogen) atoms. The Balaban J connectivity index is 1.59. The second-order valence-corrected chi connectivity index (χ2v) is 9.94. The van der Waals surface area contributed by atoms with Crippen molar-refractivity contribution in [1.29, 1.82) is 0 Å². The predicted octanol–water partition coefficient (Wildman–Crippen LogP) is 3.64. The Kier molecular flexibility index (Phi) is 6.91. The summed E-state index contributed by atoms with van der Waals surface area (Å²) in [7, 11) is -3.91. The smallest absolute Gasteiger partial charge is 0.240 e. The van der Waals surface area contributed by atoms with Gasteiger partial charge in [-0.1, -0.05) is 11.6 Å². The lowest BCUT2D eigenvalue weighted by Gasteiger charge is -2.07. The summed E-state index contributed by atoms with van der Waals surface area (Å²) < 4.78 is 40.1. The van der Waals surface area contributed by atoms with Crippen molar-refractivity contribution in [3.63, 3.8) is 0 Å². The Labute approximate surface area is 182 Å². The van der Waals surface area contributed by atoms with Crippen molar-refractivity contribution < 1.29 is 17.6 Å². The molecule has 7 nitrogen and oxygen atoms in total. The number of nitrogens with one attached hydrogen (secondary N) is 1. The van der Waals surface area contributed by atoms with Crippen LogP contribution in [0.4, 0.5) is 4.39 Å². The van der Waals surface area contributed by atoms with Crippen LogP contribution in [0.25, 0.3) is 0 Å². The van der Waals surface area contributed by atoms with E-state index in [2.05, 4.69) is 19.9 Å². The molecule has 158 valence electrons. The van der Waals surface area contributed by atoms with Crippen LogP contribution in [0.1, 0.15) is 38.2 Å². The molecule has 2 heterocycles. The van der Waals surface area contributed by atoms with Crippen LogP contribution in [0.3, 0.4) is 0 Å². The van der Waals surface area contributed by atoms with E-state index in [-0.39, 0.29) is 34.4 Å². The molecule has 1 aromatic carbocycles. The highest BCUT2D eigenvalue weighted by Crippen LogP contribution is 2.20. The molecule has 11 heteroatoms. The zero-order valence-electron chi connectivity index (χ0n) is 16.1. The maximum absolute atomic E-state index is 13.2. The number of halogens is 2. The average molecular weight is 469 g/mol. The molecule has 3 aromatic rings.